The zero-order chi connectivity index (χ0) is 10.0. The lowest BCUT2D eigenvalue weighted by Crippen LogP contribution is -2.12. The number of nitrogens with two attached hydrogens (primary N) is 1. The van der Waals surface area contributed by atoms with Crippen LogP contribution in [0.25, 0.3) is 0 Å². The molecule has 0 amide bonds. The molecular formula is C8H8ClFN2O. The van der Waals surface area contributed by atoms with Gasteiger partial charge in [-0.05, 0) is 6.07 Å². The summed E-state index contributed by atoms with van der Waals surface area (Å²) in [4.78, 5) is 0. The zero-order valence-corrected chi connectivity index (χ0v) is 7.40. The Kier molecular flexibility index (Phi) is 2.72. The summed E-state index contributed by atoms with van der Waals surface area (Å²) in [6, 6.07) is 2.16. The first kappa shape index (κ1) is 9.80. The molecule has 0 bridgehead atoms. The summed E-state index contributed by atoms with van der Waals surface area (Å²) in [5.74, 6) is -0.922. The van der Waals surface area contributed by atoms with Gasteiger partial charge in [-0.2, -0.15) is 0 Å². The highest BCUT2D eigenvalue weighted by Crippen LogP contribution is 2.25. The van der Waals surface area contributed by atoms with Crippen molar-refractivity contribution >= 4 is 17.4 Å². The summed E-state index contributed by atoms with van der Waals surface area (Å²) >= 11 is 5.40. The van der Waals surface area contributed by atoms with Crippen LogP contribution in [0.15, 0.2) is 12.1 Å². The van der Waals surface area contributed by atoms with E-state index in [0.717, 1.165) is 12.1 Å². The maximum atomic E-state index is 12.9. The van der Waals surface area contributed by atoms with Crippen molar-refractivity contribution in [1.29, 1.82) is 5.41 Å². The number of phenolic OH excluding ortho intramolecular Hbond substituents is 1. The molecule has 0 saturated heterocycles. The number of aromatic hydroxyl groups is 1. The third-order valence-electron chi connectivity index (χ3n) is 1.50. The smallest absolute Gasteiger partial charge is 0.142 e. The minimum atomic E-state index is -0.629. The van der Waals surface area contributed by atoms with Gasteiger partial charge in [0.15, 0.2) is 0 Å². The fourth-order valence-corrected chi connectivity index (χ4v) is 1.08. The summed E-state index contributed by atoms with van der Waals surface area (Å²) in [5.41, 5.74) is 5.36. The largest absolute Gasteiger partial charge is 0.508 e. The minimum Gasteiger partial charge on any atom is -0.508 e. The molecule has 0 aliphatic heterocycles. The third-order valence-corrected chi connectivity index (χ3v) is 1.79. The van der Waals surface area contributed by atoms with Crippen LogP contribution in [0.3, 0.4) is 0 Å². The first-order valence-electron chi connectivity index (χ1n) is 3.50. The molecule has 70 valence electrons. The predicted octanol–water partition coefficient (Wildman–Crippen LogP) is 1.66. The molecular weight excluding hydrogens is 195 g/mol. The third kappa shape index (κ3) is 2.32. The summed E-state index contributed by atoms with van der Waals surface area (Å²) in [7, 11) is 0. The van der Waals surface area contributed by atoms with Crippen molar-refractivity contribution in [2.45, 2.75) is 6.42 Å². The van der Waals surface area contributed by atoms with Crippen LogP contribution in [0.2, 0.25) is 5.02 Å². The Bertz CT molecular complexity index is 354. The van der Waals surface area contributed by atoms with Gasteiger partial charge in [0, 0.05) is 18.1 Å². The average molecular weight is 203 g/mol. The maximum Gasteiger partial charge on any atom is 0.142 e. The van der Waals surface area contributed by atoms with Gasteiger partial charge < -0.3 is 10.8 Å². The Labute approximate surface area is 79.4 Å². The topological polar surface area (TPSA) is 70.1 Å². The number of amidine groups is 1. The minimum absolute atomic E-state index is 0.0138. The van der Waals surface area contributed by atoms with Crippen LogP contribution in [0.1, 0.15) is 5.56 Å². The maximum absolute atomic E-state index is 12.9. The quantitative estimate of drug-likeness (QED) is 0.504. The number of halogens is 2. The van der Waals surface area contributed by atoms with Gasteiger partial charge in [0.2, 0.25) is 0 Å². The van der Waals surface area contributed by atoms with E-state index in [-0.39, 0.29) is 28.6 Å². The second-order valence-electron chi connectivity index (χ2n) is 2.60. The van der Waals surface area contributed by atoms with E-state index in [1.807, 2.05) is 0 Å². The highest BCUT2D eigenvalue weighted by atomic mass is 35.5. The van der Waals surface area contributed by atoms with E-state index in [1.165, 1.54) is 0 Å². The molecule has 0 saturated carbocycles. The number of benzene rings is 1. The lowest BCUT2D eigenvalue weighted by Gasteiger charge is -2.04. The number of hydrogen-bond donors (Lipinski definition) is 3. The van der Waals surface area contributed by atoms with Crippen molar-refractivity contribution in [3.8, 4) is 5.75 Å². The van der Waals surface area contributed by atoms with Crippen molar-refractivity contribution in [1.82, 2.24) is 0 Å². The highest BCUT2D eigenvalue weighted by Gasteiger charge is 2.08. The van der Waals surface area contributed by atoms with Crippen LogP contribution < -0.4 is 5.73 Å². The molecule has 1 aromatic rings. The number of phenols is 1. The predicted molar refractivity (Wildman–Crippen MR) is 48.7 cm³/mol. The molecule has 4 N–H and O–H groups in total. The molecule has 0 spiro atoms. The first-order valence-corrected chi connectivity index (χ1v) is 3.88. The molecule has 0 heterocycles. The van der Waals surface area contributed by atoms with Gasteiger partial charge in [-0.3, -0.25) is 5.41 Å². The number of hydrogen-bond acceptors (Lipinski definition) is 2. The Balaban J connectivity index is 3.08. The van der Waals surface area contributed by atoms with Crippen molar-refractivity contribution in [2.24, 2.45) is 5.73 Å². The SMILES string of the molecule is N=C(N)Cc1cc(F)c(Cl)cc1O. The molecule has 0 unspecified atom stereocenters. The van der Waals surface area contributed by atoms with Gasteiger partial charge in [-0.25, -0.2) is 4.39 Å². The van der Waals surface area contributed by atoms with Crippen LogP contribution in [0, 0.1) is 11.2 Å². The summed E-state index contributed by atoms with van der Waals surface area (Å²) < 4.78 is 12.9. The van der Waals surface area contributed by atoms with Crippen LogP contribution in [0.4, 0.5) is 4.39 Å². The standard InChI is InChI=1S/C8H8ClFN2O/c9-5-3-7(13)4(1-6(5)10)2-8(11)12/h1,3,13H,2H2,(H3,11,12). The Morgan fingerprint density at radius 1 is 1.62 bits per heavy atom. The van der Waals surface area contributed by atoms with Crippen molar-refractivity contribution in [3.05, 3.63) is 28.5 Å². The van der Waals surface area contributed by atoms with Gasteiger partial charge in [0.25, 0.3) is 0 Å². The molecule has 0 aliphatic rings. The van der Waals surface area contributed by atoms with E-state index in [1.54, 1.807) is 0 Å². The van der Waals surface area contributed by atoms with Gasteiger partial charge in [-0.15, -0.1) is 0 Å². The fourth-order valence-electron chi connectivity index (χ4n) is 0.924. The second-order valence-corrected chi connectivity index (χ2v) is 3.00. The Morgan fingerprint density at radius 3 is 2.77 bits per heavy atom. The summed E-state index contributed by atoms with van der Waals surface area (Å²) in [5, 5.41) is 16.1. The van der Waals surface area contributed by atoms with Gasteiger partial charge >= 0.3 is 0 Å². The lowest BCUT2D eigenvalue weighted by molar-refractivity contribution is 0.467. The monoisotopic (exact) mass is 202 g/mol. The van der Waals surface area contributed by atoms with Crippen LogP contribution in [0.5, 0.6) is 5.75 Å². The normalized spacial score (nSPS) is 10.0. The molecule has 5 heteroatoms. The van der Waals surface area contributed by atoms with Crippen molar-refractivity contribution in [3.63, 3.8) is 0 Å². The summed E-state index contributed by atoms with van der Waals surface area (Å²) in [6.07, 6.45) is 0.0138. The molecule has 1 aromatic carbocycles. The van der Waals surface area contributed by atoms with Gasteiger partial charge in [0.1, 0.15) is 11.6 Å². The van der Waals surface area contributed by atoms with E-state index in [4.69, 9.17) is 22.7 Å². The van der Waals surface area contributed by atoms with Crippen molar-refractivity contribution in [2.75, 3.05) is 0 Å². The van der Waals surface area contributed by atoms with Crippen LogP contribution >= 0.6 is 11.6 Å². The van der Waals surface area contributed by atoms with Gasteiger partial charge in [-0.1, -0.05) is 11.6 Å². The van der Waals surface area contributed by atoms with E-state index >= 15 is 0 Å². The highest BCUT2D eigenvalue weighted by molar-refractivity contribution is 6.30. The molecule has 0 aromatic heterocycles. The molecule has 13 heavy (non-hydrogen) atoms. The molecule has 0 radical (unpaired) electrons. The molecule has 3 nitrogen and oxygen atoms in total. The zero-order valence-electron chi connectivity index (χ0n) is 6.64. The first-order chi connectivity index (χ1) is 6.00. The van der Waals surface area contributed by atoms with E-state index in [0.29, 0.717) is 0 Å². The molecule has 0 aliphatic carbocycles. The van der Waals surface area contributed by atoms with E-state index < -0.39 is 5.82 Å². The Morgan fingerprint density at radius 2 is 2.23 bits per heavy atom. The molecule has 0 fully saturated rings. The lowest BCUT2D eigenvalue weighted by atomic mass is 10.1. The molecule has 1 rings (SSSR count). The number of rotatable bonds is 2. The summed E-state index contributed by atoms with van der Waals surface area (Å²) in [6.45, 7) is 0. The van der Waals surface area contributed by atoms with Gasteiger partial charge in [0.05, 0.1) is 10.9 Å². The fraction of sp³-hybridized carbons (Fsp3) is 0.125. The van der Waals surface area contributed by atoms with E-state index in [9.17, 15) is 9.50 Å². The van der Waals surface area contributed by atoms with Crippen LogP contribution in [-0.4, -0.2) is 10.9 Å². The molecule has 0 atom stereocenters. The second kappa shape index (κ2) is 3.62. The van der Waals surface area contributed by atoms with E-state index in [2.05, 4.69) is 0 Å². The Hall–Kier alpha value is -1.29. The number of nitrogens with one attached hydrogen (secondary N) is 1. The van der Waals surface area contributed by atoms with Crippen molar-refractivity contribution < 1.29 is 9.50 Å². The van der Waals surface area contributed by atoms with Crippen LogP contribution in [-0.2, 0) is 6.42 Å². The average Bonchev–Trinajstić information content (AvgIpc) is 1.99.